The highest BCUT2D eigenvalue weighted by Gasteiger charge is 2.15. The number of amides is 1. The van der Waals surface area contributed by atoms with Crippen LogP contribution in [0.3, 0.4) is 0 Å². The van der Waals surface area contributed by atoms with E-state index in [-0.39, 0.29) is 12.5 Å². The third kappa shape index (κ3) is 11.6. The largest absolute Gasteiger partial charge is 0.493 e. The standard InChI is InChI=1S/C33H46N2O4S/c1-3-4-5-6-7-8-9-10-11-12-13-16-23-38-33-30(37-2)20-17-21-31(33)39-26-32(36)34-29-19-15-14-18-28(29)25-35-22-24-40-27-35/h14-15,17-22,24,27H,3-13,16,23,25-26H2,1-2H3/p+1. The molecular formula is C33H47N2O4S+. The smallest absolute Gasteiger partial charge is 0.262 e. The average Bonchev–Trinajstić information content (AvgIpc) is 3.49. The Balaban J connectivity index is 1.39. The summed E-state index contributed by atoms with van der Waals surface area (Å²) in [5.74, 6) is 1.44. The molecule has 1 heterocycles. The second kappa shape index (κ2) is 19.1. The van der Waals surface area contributed by atoms with Crippen molar-refractivity contribution < 1.29 is 23.6 Å². The van der Waals surface area contributed by atoms with Gasteiger partial charge in [-0.3, -0.25) is 4.79 Å². The lowest BCUT2D eigenvalue weighted by Crippen LogP contribution is -2.31. The van der Waals surface area contributed by atoms with Gasteiger partial charge in [0.25, 0.3) is 5.91 Å². The quantitative estimate of drug-likeness (QED) is 0.104. The molecule has 0 saturated carbocycles. The maximum atomic E-state index is 12.8. The summed E-state index contributed by atoms with van der Waals surface area (Å²) in [4.78, 5) is 12.8. The van der Waals surface area contributed by atoms with Crippen LogP contribution in [0, 0.1) is 0 Å². The first kappa shape index (κ1) is 31.5. The maximum absolute atomic E-state index is 12.8. The molecule has 3 rings (SSSR count). The van der Waals surface area contributed by atoms with E-state index in [1.54, 1.807) is 18.4 Å². The number of hydrogen-bond donors (Lipinski definition) is 1. The molecule has 40 heavy (non-hydrogen) atoms. The van der Waals surface area contributed by atoms with Crippen molar-refractivity contribution in [3.8, 4) is 17.2 Å². The van der Waals surface area contributed by atoms with Crippen molar-refractivity contribution in [2.24, 2.45) is 0 Å². The molecule has 1 N–H and O–H groups in total. The highest BCUT2D eigenvalue weighted by atomic mass is 32.1. The van der Waals surface area contributed by atoms with E-state index in [1.165, 1.54) is 64.2 Å². The Kier molecular flexibility index (Phi) is 15.0. The van der Waals surface area contributed by atoms with Crippen LogP contribution in [0.1, 0.15) is 89.5 Å². The van der Waals surface area contributed by atoms with E-state index >= 15 is 0 Å². The summed E-state index contributed by atoms with van der Waals surface area (Å²) in [7, 11) is 1.62. The monoisotopic (exact) mass is 567 g/mol. The fraction of sp³-hybridized carbons (Fsp3) is 0.515. The number of rotatable bonds is 21. The number of nitrogens with one attached hydrogen (secondary N) is 1. The fourth-order valence-electron chi connectivity index (χ4n) is 4.69. The maximum Gasteiger partial charge on any atom is 0.262 e. The van der Waals surface area contributed by atoms with Crippen molar-refractivity contribution >= 4 is 22.9 Å². The normalized spacial score (nSPS) is 10.8. The number of carbonyl (C=O) groups is 1. The molecule has 0 atom stereocenters. The molecule has 0 spiro atoms. The number of thiazole rings is 1. The molecule has 3 aromatic rings. The van der Waals surface area contributed by atoms with E-state index in [4.69, 9.17) is 14.2 Å². The number of benzene rings is 2. The third-order valence-corrected chi connectivity index (χ3v) is 7.61. The predicted molar refractivity (Wildman–Crippen MR) is 164 cm³/mol. The van der Waals surface area contributed by atoms with Crippen molar-refractivity contribution in [1.29, 1.82) is 0 Å². The molecular weight excluding hydrogens is 520 g/mol. The van der Waals surface area contributed by atoms with Gasteiger partial charge in [0.2, 0.25) is 11.3 Å². The van der Waals surface area contributed by atoms with E-state index < -0.39 is 0 Å². The molecule has 7 heteroatoms. The molecule has 0 aliphatic carbocycles. The predicted octanol–water partition coefficient (Wildman–Crippen LogP) is 8.19. The van der Waals surface area contributed by atoms with Crippen LogP contribution in [0.4, 0.5) is 5.69 Å². The first-order chi connectivity index (χ1) is 19.7. The average molecular weight is 568 g/mol. The minimum absolute atomic E-state index is 0.123. The van der Waals surface area contributed by atoms with Crippen LogP contribution in [-0.2, 0) is 11.3 Å². The lowest BCUT2D eigenvalue weighted by atomic mass is 10.1. The van der Waals surface area contributed by atoms with Crippen LogP contribution in [0.5, 0.6) is 17.2 Å². The van der Waals surface area contributed by atoms with Gasteiger partial charge in [0, 0.05) is 5.56 Å². The van der Waals surface area contributed by atoms with E-state index in [0.717, 1.165) is 24.1 Å². The van der Waals surface area contributed by atoms with Gasteiger partial charge in [-0.05, 0) is 24.6 Å². The van der Waals surface area contributed by atoms with Gasteiger partial charge in [-0.25, -0.2) is 0 Å². The molecule has 0 unspecified atom stereocenters. The Hall–Kier alpha value is -3.06. The number of aromatic nitrogens is 1. The number of hydrogen-bond acceptors (Lipinski definition) is 5. The molecule has 2 aromatic carbocycles. The third-order valence-electron chi connectivity index (χ3n) is 6.94. The summed E-state index contributed by atoms with van der Waals surface area (Å²) in [5, 5.41) is 5.02. The summed E-state index contributed by atoms with van der Waals surface area (Å²) in [6.07, 6.45) is 17.6. The van der Waals surface area contributed by atoms with Crippen molar-refractivity contribution in [2.45, 2.75) is 90.5 Å². The zero-order valence-corrected chi connectivity index (χ0v) is 25.2. The van der Waals surface area contributed by atoms with Gasteiger partial charge in [-0.2, -0.15) is 4.57 Å². The molecule has 0 aliphatic heterocycles. The number of ether oxygens (including phenoxy) is 3. The van der Waals surface area contributed by atoms with E-state index in [0.29, 0.717) is 30.4 Å². The van der Waals surface area contributed by atoms with Crippen molar-refractivity contribution in [3.05, 3.63) is 65.1 Å². The van der Waals surface area contributed by atoms with Gasteiger partial charge in [-0.1, -0.05) is 113 Å². The van der Waals surface area contributed by atoms with Crippen LogP contribution in [0.25, 0.3) is 0 Å². The van der Waals surface area contributed by atoms with E-state index in [9.17, 15) is 4.79 Å². The summed E-state index contributed by atoms with van der Waals surface area (Å²) in [5.41, 5.74) is 3.86. The zero-order valence-electron chi connectivity index (χ0n) is 24.4. The van der Waals surface area contributed by atoms with Gasteiger partial charge in [0.05, 0.1) is 24.8 Å². The molecule has 6 nitrogen and oxygen atoms in total. The molecule has 0 aliphatic rings. The Morgan fingerprint density at radius 2 is 1.50 bits per heavy atom. The lowest BCUT2D eigenvalue weighted by molar-refractivity contribution is -0.683. The molecule has 0 bridgehead atoms. The lowest BCUT2D eigenvalue weighted by Gasteiger charge is -2.16. The summed E-state index contributed by atoms with van der Waals surface area (Å²) in [6, 6.07) is 13.3. The number of para-hydroxylation sites is 2. The Bertz CT molecular complexity index is 1100. The summed E-state index contributed by atoms with van der Waals surface area (Å²) >= 11 is 1.64. The summed E-state index contributed by atoms with van der Waals surface area (Å²) < 4.78 is 19.6. The van der Waals surface area contributed by atoms with Crippen molar-refractivity contribution in [2.75, 3.05) is 25.6 Å². The van der Waals surface area contributed by atoms with Crippen LogP contribution in [-0.4, -0.2) is 26.2 Å². The van der Waals surface area contributed by atoms with Gasteiger partial charge in [0.15, 0.2) is 30.8 Å². The Morgan fingerprint density at radius 1 is 0.825 bits per heavy atom. The van der Waals surface area contributed by atoms with E-state index in [1.807, 2.05) is 59.6 Å². The van der Waals surface area contributed by atoms with Crippen molar-refractivity contribution in [3.63, 3.8) is 0 Å². The van der Waals surface area contributed by atoms with Crippen molar-refractivity contribution in [1.82, 2.24) is 0 Å². The summed E-state index contributed by atoms with van der Waals surface area (Å²) in [6.45, 7) is 3.42. The molecule has 0 radical (unpaired) electrons. The van der Waals surface area contributed by atoms with Crippen LogP contribution in [0.2, 0.25) is 0 Å². The minimum atomic E-state index is -0.225. The van der Waals surface area contributed by atoms with Gasteiger partial charge < -0.3 is 19.5 Å². The van der Waals surface area contributed by atoms with Crippen LogP contribution < -0.4 is 24.1 Å². The SMILES string of the molecule is CCCCCCCCCCCCCCOc1c(OC)cccc1OCC(=O)Nc1ccccc1C[n+]1ccsc1. The number of unbranched alkanes of at least 4 members (excludes halogenated alkanes) is 11. The highest BCUT2D eigenvalue weighted by Crippen LogP contribution is 2.37. The molecule has 0 saturated heterocycles. The Morgan fingerprint density at radius 3 is 2.17 bits per heavy atom. The van der Waals surface area contributed by atoms with Gasteiger partial charge in [-0.15, -0.1) is 0 Å². The van der Waals surface area contributed by atoms with Crippen LogP contribution in [0.15, 0.2) is 59.6 Å². The zero-order chi connectivity index (χ0) is 28.3. The van der Waals surface area contributed by atoms with E-state index in [2.05, 4.69) is 16.8 Å². The molecule has 218 valence electrons. The fourth-order valence-corrected chi connectivity index (χ4v) is 5.29. The first-order valence-electron chi connectivity index (χ1n) is 14.9. The highest BCUT2D eigenvalue weighted by molar-refractivity contribution is 7.07. The van der Waals surface area contributed by atoms with Gasteiger partial charge in [0.1, 0.15) is 0 Å². The van der Waals surface area contributed by atoms with Gasteiger partial charge >= 0.3 is 0 Å². The Labute approximate surface area is 244 Å². The van der Waals surface area contributed by atoms with Crippen LogP contribution >= 0.6 is 11.3 Å². The molecule has 1 amide bonds. The number of methoxy groups -OCH3 is 1. The number of anilines is 1. The topological polar surface area (TPSA) is 60.7 Å². The minimum Gasteiger partial charge on any atom is -0.493 e. The molecule has 0 fully saturated rings. The second-order valence-electron chi connectivity index (χ2n) is 10.2. The number of nitrogens with zero attached hydrogens (tertiary/aromatic N) is 1. The molecule has 1 aromatic heterocycles. The number of carbonyl (C=O) groups excluding carboxylic acids is 1. The second-order valence-corrected chi connectivity index (χ2v) is 11.0. The first-order valence-corrected chi connectivity index (χ1v) is 15.9.